The third-order valence-electron chi connectivity index (χ3n) is 6.83. The van der Waals surface area contributed by atoms with Gasteiger partial charge in [0, 0.05) is 17.6 Å². The lowest BCUT2D eigenvalue weighted by atomic mass is 9.77. The van der Waals surface area contributed by atoms with Crippen LogP contribution in [0.4, 0.5) is 10.5 Å². The maximum atomic E-state index is 13.7. The van der Waals surface area contributed by atoms with Gasteiger partial charge in [-0.1, -0.05) is 60.2 Å². The van der Waals surface area contributed by atoms with Gasteiger partial charge in [0.25, 0.3) is 0 Å². The largest absolute Gasteiger partial charge is 0.480 e. The van der Waals surface area contributed by atoms with Gasteiger partial charge in [0.15, 0.2) is 0 Å². The molecule has 0 saturated carbocycles. The van der Waals surface area contributed by atoms with Crippen molar-refractivity contribution in [1.29, 1.82) is 0 Å². The molecule has 0 bridgehead atoms. The number of nitrogens with two attached hydrogens (primary N) is 1. The van der Waals surface area contributed by atoms with Crippen molar-refractivity contribution in [3.05, 3.63) is 70.8 Å². The predicted octanol–water partition coefficient (Wildman–Crippen LogP) is 2.71. The molecule has 0 aliphatic carbocycles. The molecular weight excluding hydrogens is 484 g/mol. The standard InChI is InChI=1S/C26H27ClN4O5/c1-15-8-10-17(14-18(15)27)31-22(32)20-19(11-9-16-6-3-2-4-7-16)30-26(24(34)35,21(20)23(31)33)12-5-13-29-25(28)36/h2-4,6-11,14,19-21,30H,5,12-13H2,1H3,(H,34,35)(H3,28,29,36)/b11-9+. The van der Waals surface area contributed by atoms with Gasteiger partial charge in [-0.2, -0.15) is 0 Å². The van der Waals surface area contributed by atoms with E-state index in [1.54, 1.807) is 31.2 Å². The third kappa shape index (κ3) is 4.59. The minimum absolute atomic E-state index is 0.000963. The van der Waals surface area contributed by atoms with Crippen LogP contribution in [0.5, 0.6) is 0 Å². The van der Waals surface area contributed by atoms with Crippen molar-refractivity contribution in [2.75, 3.05) is 11.4 Å². The smallest absolute Gasteiger partial charge is 0.324 e. The second-order valence-corrected chi connectivity index (χ2v) is 9.47. The fourth-order valence-corrected chi connectivity index (χ4v) is 5.25. The first-order valence-electron chi connectivity index (χ1n) is 11.6. The molecule has 2 aromatic rings. The first-order valence-corrected chi connectivity index (χ1v) is 11.9. The second-order valence-electron chi connectivity index (χ2n) is 9.06. The SMILES string of the molecule is Cc1ccc(N2C(=O)C3C(/C=C/c4ccccc4)NC(CCCNC(N)=O)(C(=O)O)C3C2=O)cc1Cl. The first-order chi connectivity index (χ1) is 17.2. The van der Waals surface area contributed by atoms with Gasteiger partial charge in [-0.15, -0.1) is 0 Å². The molecule has 4 rings (SSSR count). The van der Waals surface area contributed by atoms with Gasteiger partial charge in [-0.3, -0.25) is 19.7 Å². The number of aryl methyl sites for hydroxylation is 1. The van der Waals surface area contributed by atoms with Gasteiger partial charge in [0.1, 0.15) is 5.54 Å². The number of aliphatic carboxylic acids is 1. The number of fused-ring (bicyclic) bond motifs is 1. The number of carboxylic acids is 1. The molecule has 0 aromatic heterocycles. The molecule has 10 heteroatoms. The average molecular weight is 511 g/mol. The summed E-state index contributed by atoms with van der Waals surface area (Å²) < 4.78 is 0. The van der Waals surface area contributed by atoms with Crippen LogP contribution in [-0.4, -0.2) is 47.0 Å². The van der Waals surface area contributed by atoms with E-state index in [0.717, 1.165) is 16.0 Å². The lowest BCUT2D eigenvalue weighted by molar-refractivity contribution is -0.149. The molecule has 9 nitrogen and oxygen atoms in total. The van der Waals surface area contributed by atoms with Crippen LogP contribution in [0.1, 0.15) is 24.0 Å². The van der Waals surface area contributed by atoms with Gasteiger partial charge in [0.2, 0.25) is 11.8 Å². The number of nitrogens with one attached hydrogen (secondary N) is 2. The van der Waals surface area contributed by atoms with E-state index in [2.05, 4.69) is 10.6 Å². The van der Waals surface area contributed by atoms with Crippen molar-refractivity contribution in [2.24, 2.45) is 17.6 Å². The molecule has 4 atom stereocenters. The van der Waals surface area contributed by atoms with Crippen LogP contribution < -0.4 is 21.3 Å². The van der Waals surface area contributed by atoms with Crippen molar-refractivity contribution >= 4 is 47.2 Å². The van der Waals surface area contributed by atoms with E-state index in [0.29, 0.717) is 10.7 Å². The Kier molecular flexibility index (Phi) is 7.14. The highest BCUT2D eigenvalue weighted by Gasteiger charge is 2.67. The highest BCUT2D eigenvalue weighted by atomic mass is 35.5. The Morgan fingerprint density at radius 3 is 2.56 bits per heavy atom. The number of benzene rings is 2. The average Bonchev–Trinajstić information content (AvgIpc) is 3.32. The number of primary amides is 1. The maximum Gasteiger partial charge on any atom is 0.324 e. The van der Waals surface area contributed by atoms with E-state index in [-0.39, 0.29) is 19.4 Å². The fourth-order valence-electron chi connectivity index (χ4n) is 5.08. The normalized spacial score (nSPS) is 25.4. The highest BCUT2D eigenvalue weighted by Crippen LogP contribution is 2.47. The van der Waals surface area contributed by atoms with Crippen LogP contribution in [0, 0.1) is 18.8 Å². The number of carbonyl (C=O) groups is 4. The van der Waals surface area contributed by atoms with Gasteiger partial charge in [-0.25, -0.2) is 9.69 Å². The molecule has 0 spiro atoms. The molecule has 5 N–H and O–H groups in total. The second kappa shape index (κ2) is 10.1. The number of halogens is 1. The molecule has 4 amide bonds. The van der Waals surface area contributed by atoms with Gasteiger partial charge in [-0.05, 0) is 43.0 Å². The molecule has 2 saturated heterocycles. The number of carboxylic acid groups (broad SMARTS) is 1. The van der Waals surface area contributed by atoms with Crippen LogP contribution in [0.15, 0.2) is 54.6 Å². The zero-order valence-corrected chi connectivity index (χ0v) is 20.4. The molecular formula is C26H27ClN4O5. The van der Waals surface area contributed by atoms with Crippen LogP contribution in [0.25, 0.3) is 6.08 Å². The Morgan fingerprint density at radius 2 is 1.92 bits per heavy atom. The van der Waals surface area contributed by atoms with E-state index >= 15 is 0 Å². The molecule has 2 aliphatic rings. The van der Waals surface area contributed by atoms with Crippen molar-refractivity contribution in [2.45, 2.75) is 31.3 Å². The van der Waals surface area contributed by atoms with Gasteiger partial charge < -0.3 is 16.2 Å². The Labute approximate surface area is 213 Å². The molecule has 2 aromatic carbocycles. The number of hydrogen-bond acceptors (Lipinski definition) is 5. The Bertz CT molecular complexity index is 1230. The number of carbonyl (C=O) groups excluding carboxylic acids is 3. The summed E-state index contributed by atoms with van der Waals surface area (Å²) in [5.74, 6) is -4.41. The molecule has 4 unspecified atom stereocenters. The van der Waals surface area contributed by atoms with Gasteiger partial charge in [0.05, 0.1) is 17.5 Å². The number of hydrogen-bond donors (Lipinski definition) is 4. The molecule has 0 radical (unpaired) electrons. The molecule has 2 fully saturated rings. The van der Waals surface area contributed by atoms with Gasteiger partial charge >= 0.3 is 12.0 Å². The Morgan fingerprint density at radius 1 is 1.19 bits per heavy atom. The van der Waals surface area contributed by atoms with Crippen molar-refractivity contribution in [1.82, 2.24) is 10.6 Å². The van der Waals surface area contributed by atoms with Crippen molar-refractivity contribution in [3.63, 3.8) is 0 Å². The quantitative estimate of drug-likeness (QED) is 0.318. The topological polar surface area (TPSA) is 142 Å². The maximum absolute atomic E-state index is 13.7. The number of imide groups is 1. The molecule has 2 heterocycles. The molecule has 2 aliphatic heterocycles. The summed E-state index contributed by atoms with van der Waals surface area (Å²) in [6.07, 6.45) is 3.76. The lowest BCUT2D eigenvalue weighted by Gasteiger charge is -2.31. The van der Waals surface area contributed by atoms with E-state index in [4.69, 9.17) is 17.3 Å². The number of rotatable bonds is 8. The summed E-state index contributed by atoms with van der Waals surface area (Å²) in [7, 11) is 0. The van der Waals surface area contributed by atoms with Crippen molar-refractivity contribution < 1.29 is 24.3 Å². The summed E-state index contributed by atoms with van der Waals surface area (Å²) in [4.78, 5) is 52.2. The summed E-state index contributed by atoms with van der Waals surface area (Å²) >= 11 is 6.26. The minimum atomic E-state index is -1.72. The van der Waals surface area contributed by atoms with Crippen LogP contribution >= 0.6 is 11.6 Å². The third-order valence-corrected chi connectivity index (χ3v) is 7.24. The Hall–Kier alpha value is -3.69. The number of nitrogens with zero attached hydrogens (tertiary/aromatic N) is 1. The van der Waals surface area contributed by atoms with Crippen LogP contribution in [-0.2, 0) is 14.4 Å². The number of anilines is 1. The summed E-state index contributed by atoms with van der Waals surface area (Å²) in [5.41, 5.74) is 5.36. The zero-order chi connectivity index (χ0) is 26.0. The van der Waals surface area contributed by atoms with Crippen LogP contribution in [0.3, 0.4) is 0 Å². The predicted molar refractivity (Wildman–Crippen MR) is 135 cm³/mol. The Balaban J connectivity index is 1.73. The molecule has 188 valence electrons. The van der Waals surface area contributed by atoms with E-state index in [9.17, 15) is 24.3 Å². The van der Waals surface area contributed by atoms with E-state index in [1.165, 1.54) is 6.07 Å². The van der Waals surface area contributed by atoms with E-state index in [1.807, 2.05) is 30.3 Å². The first kappa shape index (κ1) is 25.4. The highest BCUT2D eigenvalue weighted by molar-refractivity contribution is 6.32. The van der Waals surface area contributed by atoms with E-state index < -0.39 is 47.2 Å². The van der Waals surface area contributed by atoms with Crippen molar-refractivity contribution in [3.8, 4) is 0 Å². The monoisotopic (exact) mass is 510 g/mol. The zero-order valence-electron chi connectivity index (χ0n) is 19.6. The fraction of sp³-hybridized carbons (Fsp3) is 0.308. The van der Waals surface area contributed by atoms with Crippen LogP contribution in [0.2, 0.25) is 5.02 Å². The summed E-state index contributed by atoms with van der Waals surface area (Å²) in [5, 5.41) is 16.3. The molecule has 36 heavy (non-hydrogen) atoms. The minimum Gasteiger partial charge on any atom is -0.480 e. The summed E-state index contributed by atoms with van der Waals surface area (Å²) in [6, 6.07) is 12.8. The summed E-state index contributed by atoms with van der Waals surface area (Å²) in [6.45, 7) is 1.94. The lowest BCUT2D eigenvalue weighted by Crippen LogP contribution is -2.57. The number of amides is 4. The number of urea groups is 1.